The van der Waals surface area contributed by atoms with E-state index in [1.807, 2.05) is 6.92 Å². The van der Waals surface area contributed by atoms with Crippen molar-refractivity contribution in [1.29, 1.82) is 0 Å². The minimum atomic E-state index is -1.69. The summed E-state index contributed by atoms with van der Waals surface area (Å²) in [6.07, 6.45) is -12.7. The van der Waals surface area contributed by atoms with E-state index in [1.54, 1.807) is 0 Å². The minimum absolute atomic E-state index is 0.293. The smallest absolute Gasteiger partial charge is 0.187 e. The van der Waals surface area contributed by atoms with Crippen LogP contribution in [0.5, 0.6) is 0 Å². The van der Waals surface area contributed by atoms with Gasteiger partial charge >= 0.3 is 0 Å². The van der Waals surface area contributed by atoms with E-state index in [0.29, 0.717) is 6.61 Å². The monoisotopic (exact) mass is 398 g/mol. The topological polar surface area (TPSA) is 179 Å². The zero-order valence-electron chi connectivity index (χ0n) is 15.1. The molecule has 0 amide bonds. The van der Waals surface area contributed by atoms with Gasteiger partial charge in [-0.2, -0.15) is 0 Å². The van der Waals surface area contributed by atoms with Crippen LogP contribution < -0.4 is 0 Å². The lowest BCUT2D eigenvalue weighted by Gasteiger charge is -2.45. The molecule has 27 heavy (non-hydrogen) atoms. The Labute approximate surface area is 156 Å². The summed E-state index contributed by atoms with van der Waals surface area (Å²) in [7, 11) is 0. The molecule has 0 aromatic heterocycles. The molecule has 0 aromatic carbocycles. The summed E-state index contributed by atoms with van der Waals surface area (Å²) >= 11 is 0. The molecule has 0 saturated carbocycles. The summed E-state index contributed by atoms with van der Waals surface area (Å²) in [5, 5.41) is 69.0. The maximum atomic E-state index is 10.4. The number of ether oxygens (including phenoxy) is 4. The molecule has 0 aliphatic carbocycles. The zero-order valence-corrected chi connectivity index (χ0v) is 15.1. The van der Waals surface area contributed by atoms with Gasteiger partial charge in [-0.05, 0) is 6.42 Å². The van der Waals surface area contributed by atoms with Crippen LogP contribution in [0.25, 0.3) is 0 Å². The number of rotatable bonds is 8. The molecular formula is C16H30O11. The molecule has 2 heterocycles. The molecule has 160 valence electrons. The molecule has 2 fully saturated rings. The van der Waals surface area contributed by atoms with E-state index in [4.69, 9.17) is 18.9 Å². The molecule has 11 nitrogen and oxygen atoms in total. The third-order valence-corrected chi connectivity index (χ3v) is 4.74. The maximum absolute atomic E-state index is 10.4. The van der Waals surface area contributed by atoms with E-state index in [1.165, 1.54) is 0 Å². The summed E-state index contributed by atoms with van der Waals surface area (Å²) in [6, 6.07) is 0. The van der Waals surface area contributed by atoms with E-state index < -0.39 is 74.6 Å². The fourth-order valence-electron chi connectivity index (χ4n) is 3.04. The van der Waals surface area contributed by atoms with Gasteiger partial charge < -0.3 is 54.7 Å². The van der Waals surface area contributed by atoms with E-state index in [0.717, 1.165) is 12.8 Å². The Bertz CT molecular complexity index is 435. The van der Waals surface area contributed by atoms with Gasteiger partial charge in [-0.15, -0.1) is 0 Å². The van der Waals surface area contributed by atoms with Gasteiger partial charge in [-0.1, -0.05) is 13.3 Å². The van der Waals surface area contributed by atoms with Crippen molar-refractivity contribution < 1.29 is 54.7 Å². The lowest BCUT2D eigenvalue weighted by Crippen LogP contribution is -2.64. The van der Waals surface area contributed by atoms with Gasteiger partial charge in [0, 0.05) is 6.61 Å². The standard InChI is InChI=1S/C16H30O11/c1-2-3-4-24-15-13(23)11(21)14(8(6-18)26-15)27-16-12(22)10(20)9(19)7(5-17)25-16/h7-23H,2-6H2,1H3/t7-,8-,9-,10-,11-,12+,13+,14-,15+,16+/m0/s1. The molecule has 2 aliphatic rings. The van der Waals surface area contributed by atoms with Crippen LogP contribution in [-0.2, 0) is 18.9 Å². The third kappa shape index (κ3) is 5.14. The average Bonchev–Trinajstić information content (AvgIpc) is 2.67. The molecule has 2 aliphatic heterocycles. The fraction of sp³-hybridized carbons (Fsp3) is 1.00. The molecule has 0 aromatic rings. The van der Waals surface area contributed by atoms with Crippen molar-refractivity contribution in [1.82, 2.24) is 0 Å². The van der Waals surface area contributed by atoms with Gasteiger partial charge in [0.1, 0.15) is 48.8 Å². The molecule has 2 saturated heterocycles. The first-order valence-electron chi connectivity index (χ1n) is 9.05. The second-order valence-corrected chi connectivity index (χ2v) is 6.73. The van der Waals surface area contributed by atoms with Gasteiger partial charge in [0.25, 0.3) is 0 Å². The third-order valence-electron chi connectivity index (χ3n) is 4.74. The molecule has 0 bridgehead atoms. The maximum Gasteiger partial charge on any atom is 0.187 e. The van der Waals surface area contributed by atoms with Crippen molar-refractivity contribution in [3.05, 3.63) is 0 Å². The highest BCUT2D eigenvalue weighted by molar-refractivity contribution is 4.94. The van der Waals surface area contributed by atoms with Crippen LogP contribution in [0, 0.1) is 0 Å². The van der Waals surface area contributed by atoms with Crippen LogP contribution in [-0.4, -0.2) is 117 Å². The molecule has 0 spiro atoms. The second kappa shape index (κ2) is 10.4. The summed E-state index contributed by atoms with van der Waals surface area (Å²) < 4.78 is 21.5. The molecular weight excluding hydrogens is 368 g/mol. The van der Waals surface area contributed by atoms with E-state index in [-0.39, 0.29) is 0 Å². The molecule has 10 atom stereocenters. The molecule has 7 N–H and O–H groups in total. The average molecular weight is 398 g/mol. The van der Waals surface area contributed by atoms with Crippen molar-refractivity contribution in [3.63, 3.8) is 0 Å². The van der Waals surface area contributed by atoms with Crippen LogP contribution in [0.3, 0.4) is 0 Å². The number of aliphatic hydroxyl groups excluding tert-OH is 7. The Morgan fingerprint density at radius 3 is 1.93 bits per heavy atom. The van der Waals surface area contributed by atoms with E-state index >= 15 is 0 Å². The zero-order chi connectivity index (χ0) is 20.1. The molecule has 0 unspecified atom stereocenters. The highest BCUT2D eigenvalue weighted by Crippen LogP contribution is 2.29. The Balaban J connectivity index is 2.06. The normalized spacial score (nSPS) is 45.8. The van der Waals surface area contributed by atoms with Gasteiger partial charge in [0.2, 0.25) is 0 Å². The van der Waals surface area contributed by atoms with Gasteiger partial charge in [-0.25, -0.2) is 0 Å². The van der Waals surface area contributed by atoms with Gasteiger partial charge in [0.15, 0.2) is 12.6 Å². The second-order valence-electron chi connectivity index (χ2n) is 6.73. The predicted octanol–water partition coefficient (Wildman–Crippen LogP) is -3.57. The highest BCUT2D eigenvalue weighted by Gasteiger charge is 2.50. The summed E-state index contributed by atoms with van der Waals surface area (Å²) in [6.45, 7) is 1.02. The lowest BCUT2D eigenvalue weighted by molar-refractivity contribution is -0.359. The van der Waals surface area contributed by atoms with Crippen molar-refractivity contribution >= 4 is 0 Å². The van der Waals surface area contributed by atoms with Crippen molar-refractivity contribution in [2.45, 2.75) is 81.2 Å². The lowest BCUT2D eigenvalue weighted by atomic mass is 9.97. The van der Waals surface area contributed by atoms with Gasteiger partial charge in [0.05, 0.1) is 13.2 Å². The summed E-state index contributed by atoms with van der Waals surface area (Å²) in [5.41, 5.74) is 0. The number of hydrogen-bond acceptors (Lipinski definition) is 11. The first-order valence-corrected chi connectivity index (χ1v) is 9.05. The molecule has 11 heteroatoms. The van der Waals surface area contributed by atoms with Crippen LogP contribution in [0.2, 0.25) is 0 Å². The Hall–Kier alpha value is -0.440. The number of aliphatic hydroxyl groups is 7. The predicted molar refractivity (Wildman–Crippen MR) is 87.3 cm³/mol. The molecule has 2 rings (SSSR count). The number of hydrogen-bond donors (Lipinski definition) is 7. The summed E-state index contributed by atoms with van der Waals surface area (Å²) in [5.74, 6) is 0. The molecule has 0 radical (unpaired) electrons. The fourth-order valence-corrected chi connectivity index (χ4v) is 3.04. The van der Waals surface area contributed by atoms with Gasteiger partial charge in [-0.3, -0.25) is 0 Å². The number of unbranched alkanes of at least 4 members (excludes halogenated alkanes) is 1. The Kier molecular flexibility index (Phi) is 8.77. The van der Waals surface area contributed by atoms with E-state index in [9.17, 15) is 35.7 Å². The SMILES string of the molecule is CCCCO[C@@H]1O[C@@H](CO)[C@H](O[C@H]2O[C@@H](CO)[C@H](O)[C@H](O)[C@H]2O)[C@@H](O)[C@H]1O. The largest absolute Gasteiger partial charge is 0.394 e. The van der Waals surface area contributed by atoms with Crippen molar-refractivity contribution in [2.24, 2.45) is 0 Å². The first kappa shape index (κ1) is 22.8. The van der Waals surface area contributed by atoms with Crippen LogP contribution in [0.15, 0.2) is 0 Å². The quantitative estimate of drug-likeness (QED) is 0.201. The minimum Gasteiger partial charge on any atom is -0.394 e. The summed E-state index contributed by atoms with van der Waals surface area (Å²) in [4.78, 5) is 0. The van der Waals surface area contributed by atoms with Crippen LogP contribution in [0.1, 0.15) is 19.8 Å². The first-order chi connectivity index (χ1) is 12.8. The van der Waals surface area contributed by atoms with Crippen LogP contribution >= 0.6 is 0 Å². The van der Waals surface area contributed by atoms with Crippen molar-refractivity contribution in [3.8, 4) is 0 Å². The van der Waals surface area contributed by atoms with E-state index in [2.05, 4.69) is 0 Å². The Morgan fingerprint density at radius 2 is 1.33 bits per heavy atom. The Morgan fingerprint density at radius 1 is 0.741 bits per heavy atom. The van der Waals surface area contributed by atoms with Crippen molar-refractivity contribution in [2.75, 3.05) is 19.8 Å². The van der Waals surface area contributed by atoms with Crippen LogP contribution in [0.4, 0.5) is 0 Å². The highest BCUT2D eigenvalue weighted by atomic mass is 16.7.